The summed E-state index contributed by atoms with van der Waals surface area (Å²) in [5.74, 6) is 0.913. The fraction of sp³-hybridized carbons (Fsp3) is 0.105. The molecular weight excluding hydrogens is 374 g/mol. The lowest BCUT2D eigenvalue weighted by molar-refractivity contribution is 0.590. The van der Waals surface area contributed by atoms with Crippen LogP contribution in [-0.4, -0.2) is 29.1 Å². The maximum absolute atomic E-state index is 13.3. The van der Waals surface area contributed by atoms with Crippen LogP contribution >= 0.6 is 11.3 Å². The van der Waals surface area contributed by atoms with Gasteiger partial charge in [-0.2, -0.15) is 0 Å². The summed E-state index contributed by atoms with van der Waals surface area (Å²) in [6.07, 6.45) is 3.06. The van der Waals surface area contributed by atoms with Gasteiger partial charge in [-0.1, -0.05) is 18.2 Å². The maximum atomic E-state index is 13.3. The van der Waals surface area contributed by atoms with Gasteiger partial charge >= 0.3 is 0 Å². The molecule has 0 spiro atoms. The molecule has 4 aromatic heterocycles. The molecule has 4 heterocycles. The Balaban J connectivity index is 1.80. The molecular formula is C19H15N7OS. The van der Waals surface area contributed by atoms with Crippen molar-refractivity contribution in [3.8, 4) is 5.69 Å². The van der Waals surface area contributed by atoms with Crippen LogP contribution in [0, 0.1) is 0 Å². The van der Waals surface area contributed by atoms with Gasteiger partial charge in [0.1, 0.15) is 22.4 Å². The third-order valence-electron chi connectivity index (χ3n) is 4.70. The number of anilines is 1. The Hall–Kier alpha value is -3.59. The van der Waals surface area contributed by atoms with Gasteiger partial charge in [-0.25, -0.2) is 19.9 Å². The van der Waals surface area contributed by atoms with Crippen LogP contribution in [0.15, 0.2) is 59.2 Å². The van der Waals surface area contributed by atoms with E-state index in [2.05, 4.69) is 15.0 Å². The Morgan fingerprint density at radius 1 is 1.11 bits per heavy atom. The van der Waals surface area contributed by atoms with Gasteiger partial charge in [0.2, 0.25) is 0 Å². The zero-order valence-electron chi connectivity index (χ0n) is 14.9. The minimum absolute atomic E-state index is 0.0911. The second-order valence-corrected chi connectivity index (χ2v) is 7.26. The molecule has 1 aromatic carbocycles. The fourth-order valence-electron chi connectivity index (χ4n) is 3.31. The number of nitrogen functional groups attached to an aromatic ring is 1. The summed E-state index contributed by atoms with van der Waals surface area (Å²) < 4.78 is 4.13. The topological polar surface area (TPSA) is 105 Å². The minimum atomic E-state index is -0.309. The van der Waals surface area contributed by atoms with E-state index in [4.69, 9.17) is 10.7 Å². The molecule has 1 unspecified atom stereocenters. The summed E-state index contributed by atoms with van der Waals surface area (Å²) in [7, 11) is 0. The SMILES string of the molecule is CC(c1nc2ccsc2c(=O)n1-c1ccccc1)n1cnc2c(N)ncnc21. The molecule has 0 saturated carbocycles. The summed E-state index contributed by atoms with van der Waals surface area (Å²) in [4.78, 5) is 30.7. The Bertz CT molecular complexity index is 1370. The lowest BCUT2D eigenvalue weighted by Gasteiger charge is -2.19. The number of fused-ring (bicyclic) bond motifs is 2. The number of rotatable bonds is 3. The van der Waals surface area contributed by atoms with Crippen LogP contribution < -0.4 is 11.3 Å². The van der Waals surface area contributed by atoms with Gasteiger partial charge in [0.05, 0.1) is 23.6 Å². The van der Waals surface area contributed by atoms with Crippen LogP contribution in [0.1, 0.15) is 18.8 Å². The fourth-order valence-corrected chi connectivity index (χ4v) is 4.07. The summed E-state index contributed by atoms with van der Waals surface area (Å²) >= 11 is 1.39. The van der Waals surface area contributed by atoms with E-state index in [1.807, 2.05) is 53.3 Å². The highest BCUT2D eigenvalue weighted by Gasteiger charge is 2.22. The minimum Gasteiger partial charge on any atom is -0.382 e. The molecule has 0 aliphatic heterocycles. The number of para-hydroxylation sites is 1. The lowest BCUT2D eigenvalue weighted by Crippen LogP contribution is -2.26. The number of nitrogens with two attached hydrogens (primary N) is 1. The van der Waals surface area contributed by atoms with E-state index in [0.717, 1.165) is 5.69 Å². The van der Waals surface area contributed by atoms with Crippen molar-refractivity contribution in [2.45, 2.75) is 13.0 Å². The first-order valence-corrected chi connectivity index (χ1v) is 9.51. The maximum Gasteiger partial charge on any atom is 0.276 e. The van der Waals surface area contributed by atoms with Gasteiger partial charge in [-0.15, -0.1) is 11.3 Å². The molecule has 0 saturated heterocycles. The van der Waals surface area contributed by atoms with Crippen molar-refractivity contribution in [2.24, 2.45) is 0 Å². The average molecular weight is 389 g/mol. The van der Waals surface area contributed by atoms with Gasteiger partial charge in [0.15, 0.2) is 11.5 Å². The van der Waals surface area contributed by atoms with Gasteiger partial charge in [-0.3, -0.25) is 9.36 Å². The highest BCUT2D eigenvalue weighted by Crippen LogP contribution is 2.26. The zero-order valence-corrected chi connectivity index (χ0v) is 15.7. The Morgan fingerprint density at radius 2 is 1.93 bits per heavy atom. The number of thiophene rings is 1. The third kappa shape index (κ3) is 2.40. The molecule has 28 heavy (non-hydrogen) atoms. The van der Waals surface area contributed by atoms with Crippen molar-refractivity contribution in [3.63, 3.8) is 0 Å². The predicted octanol–water partition coefficient (Wildman–Crippen LogP) is 2.78. The summed E-state index contributed by atoms with van der Waals surface area (Å²) in [5, 5.41) is 1.88. The van der Waals surface area contributed by atoms with E-state index in [9.17, 15) is 4.79 Å². The molecule has 0 aliphatic rings. The molecule has 1 atom stereocenters. The van der Waals surface area contributed by atoms with Crippen molar-refractivity contribution >= 4 is 38.5 Å². The summed E-state index contributed by atoms with van der Waals surface area (Å²) in [6.45, 7) is 1.96. The first-order chi connectivity index (χ1) is 13.6. The highest BCUT2D eigenvalue weighted by molar-refractivity contribution is 7.17. The molecule has 0 radical (unpaired) electrons. The quantitative estimate of drug-likeness (QED) is 0.509. The molecule has 2 N–H and O–H groups in total. The highest BCUT2D eigenvalue weighted by atomic mass is 32.1. The molecule has 5 rings (SSSR count). The monoisotopic (exact) mass is 389 g/mol. The number of benzene rings is 1. The van der Waals surface area contributed by atoms with Crippen molar-refractivity contribution in [1.82, 2.24) is 29.1 Å². The Labute approximate surface area is 163 Å². The van der Waals surface area contributed by atoms with Gasteiger partial charge < -0.3 is 10.3 Å². The number of aromatic nitrogens is 6. The van der Waals surface area contributed by atoms with Crippen LogP contribution in [0.2, 0.25) is 0 Å². The summed E-state index contributed by atoms with van der Waals surface area (Å²) in [6, 6.07) is 11.0. The van der Waals surface area contributed by atoms with Crippen molar-refractivity contribution in [3.05, 3.63) is 70.6 Å². The number of hydrogen-bond acceptors (Lipinski definition) is 7. The number of nitrogens with zero attached hydrogens (tertiary/aromatic N) is 6. The van der Waals surface area contributed by atoms with Crippen LogP contribution in [0.4, 0.5) is 5.82 Å². The predicted molar refractivity (Wildman–Crippen MR) is 109 cm³/mol. The van der Waals surface area contributed by atoms with Crippen LogP contribution in [0.25, 0.3) is 27.1 Å². The van der Waals surface area contributed by atoms with Gasteiger partial charge in [0, 0.05) is 0 Å². The first kappa shape index (κ1) is 16.6. The molecule has 138 valence electrons. The van der Waals surface area contributed by atoms with E-state index in [1.54, 1.807) is 10.9 Å². The van der Waals surface area contributed by atoms with E-state index in [0.29, 0.717) is 33.0 Å². The van der Waals surface area contributed by atoms with Gasteiger partial charge in [-0.05, 0) is 30.5 Å². The first-order valence-electron chi connectivity index (χ1n) is 8.63. The standard InChI is InChI=1S/C19H15N7OS/c1-11(25-10-23-14-16(20)21-9-22-18(14)25)17-24-13-7-8-28-15(13)19(27)26(17)12-5-3-2-4-6-12/h2-11H,1H3,(H2,20,21,22). The van der Waals surface area contributed by atoms with E-state index < -0.39 is 0 Å². The molecule has 5 aromatic rings. The van der Waals surface area contributed by atoms with Gasteiger partial charge in [0.25, 0.3) is 5.56 Å². The van der Waals surface area contributed by atoms with Crippen molar-refractivity contribution in [2.75, 3.05) is 5.73 Å². The smallest absolute Gasteiger partial charge is 0.276 e. The molecule has 0 aliphatic carbocycles. The van der Waals surface area contributed by atoms with Crippen molar-refractivity contribution in [1.29, 1.82) is 0 Å². The number of imidazole rings is 1. The Morgan fingerprint density at radius 3 is 2.75 bits per heavy atom. The molecule has 0 bridgehead atoms. The van der Waals surface area contributed by atoms with E-state index in [1.165, 1.54) is 17.7 Å². The van der Waals surface area contributed by atoms with E-state index >= 15 is 0 Å². The largest absolute Gasteiger partial charge is 0.382 e. The van der Waals surface area contributed by atoms with Crippen LogP contribution in [0.5, 0.6) is 0 Å². The second kappa shape index (κ2) is 6.24. The molecule has 0 amide bonds. The van der Waals surface area contributed by atoms with E-state index in [-0.39, 0.29) is 11.6 Å². The Kier molecular flexibility index (Phi) is 3.69. The average Bonchev–Trinajstić information content (AvgIpc) is 3.36. The lowest BCUT2D eigenvalue weighted by atomic mass is 10.2. The zero-order chi connectivity index (χ0) is 19.3. The third-order valence-corrected chi connectivity index (χ3v) is 5.59. The van der Waals surface area contributed by atoms with Crippen LogP contribution in [-0.2, 0) is 0 Å². The molecule has 9 heteroatoms. The number of hydrogen-bond donors (Lipinski definition) is 1. The normalized spacial score (nSPS) is 12.6. The van der Waals surface area contributed by atoms with Crippen LogP contribution in [0.3, 0.4) is 0 Å². The molecule has 0 fully saturated rings. The second-order valence-electron chi connectivity index (χ2n) is 6.34. The van der Waals surface area contributed by atoms with Crippen molar-refractivity contribution < 1.29 is 0 Å². The molecule has 8 nitrogen and oxygen atoms in total. The summed E-state index contributed by atoms with van der Waals surface area (Å²) in [5.41, 5.74) is 8.39.